The molecule has 0 radical (unpaired) electrons. The van der Waals surface area contributed by atoms with Crippen molar-refractivity contribution in [1.29, 1.82) is 0 Å². The summed E-state index contributed by atoms with van der Waals surface area (Å²) in [6.07, 6.45) is 0.895. The second kappa shape index (κ2) is 8.72. The van der Waals surface area contributed by atoms with Crippen LogP contribution in [0.2, 0.25) is 0 Å². The van der Waals surface area contributed by atoms with Crippen molar-refractivity contribution >= 4 is 17.7 Å². The Morgan fingerprint density at radius 2 is 1.94 bits per heavy atom. The molecule has 1 aromatic rings. The molecule has 8 heteroatoms. The number of rotatable bonds is 8. The Kier molecular flexibility index (Phi) is 6.26. The first-order valence-electron chi connectivity index (χ1n) is 11.9. The molecule has 3 unspecified atom stereocenters. The molecule has 8 nitrogen and oxygen atoms in total. The number of aliphatic hydroxyl groups is 1. The van der Waals surface area contributed by atoms with Gasteiger partial charge in [-0.05, 0) is 45.1 Å². The monoisotopic (exact) mass is 457 g/mol. The summed E-state index contributed by atoms with van der Waals surface area (Å²) in [5.41, 5.74) is -0.908. The molecule has 2 bridgehead atoms. The highest BCUT2D eigenvalue weighted by atomic mass is 16.5. The third-order valence-corrected chi connectivity index (χ3v) is 7.64. The molecule has 4 rings (SSSR count). The highest BCUT2D eigenvalue weighted by Gasteiger charge is 2.79. The predicted octanol–water partition coefficient (Wildman–Crippen LogP) is 1.22. The van der Waals surface area contributed by atoms with Crippen molar-refractivity contribution in [1.82, 2.24) is 15.5 Å². The summed E-state index contributed by atoms with van der Waals surface area (Å²) in [6.45, 7) is 8.20. The van der Waals surface area contributed by atoms with Crippen molar-refractivity contribution in [2.45, 2.75) is 70.4 Å². The van der Waals surface area contributed by atoms with E-state index in [1.807, 2.05) is 58.0 Å². The molecule has 3 N–H and O–H groups in total. The molecule has 3 amide bonds. The second-order valence-corrected chi connectivity index (χ2v) is 10.2. The molecule has 1 aromatic carbocycles. The van der Waals surface area contributed by atoms with Crippen LogP contribution in [0.3, 0.4) is 0 Å². The molecule has 0 aromatic heterocycles. The predicted molar refractivity (Wildman–Crippen MR) is 122 cm³/mol. The number of benzene rings is 1. The quantitative estimate of drug-likeness (QED) is 0.544. The van der Waals surface area contributed by atoms with E-state index < -0.39 is 29.1 Å². The zero-order chi connectivity index (χ0) is 24.0. The Bertz CT molecular complexity index is 922. The van der Waals surface area contributed by atoms with E-state index in [4.69, 9.17) is 4.74 Å². The van der Waals surface area contributed by atoms with Gasteiger partial charge in [0.2, 0.25) is 17.7 Å². The fraction of sp³-hybridized carbons (Fsp3) is 0.640. The number of likely N-dealkylation sites (tertiary alicyclic amines) is 1. The number of carbonyl (C=O) groups is 3. The number of aliphatic hydroxyl groups excluding tert-OH is 1. The molecule has 0 aliphatic carbocycles. The van der Waals surface area contributed by atoms with Gasteiger partial charge in [0.25, 0.3) is 0 Å². The van der Waals surface area contributed by atoms with Crippen molar-refractivity contribution in [2.24, 2.45) is 17.8 Å². The van der Waals surface area contributed by atoms with Gasteiger partial charge in [0.05, 0.1) is 17.4 Å². The van der Waals surface area contributed by atoms with Crippen LogP contribution >= 0.6 is 0 Å². The van der Waals surface area contributed by atoms with Crippen LogP contribution in [0, 0.1) is 17.8 Å². The number of fused-ring (bicyclic) bond motifs is 1. The number of hydrogen-bond acceptors (Lipinski definition) is 5. The van der Waals surface area contributed by atoms with Crippen LogP contribution in [0.1, 0.15) is 46.1 Å². The van der Waals surface area contributed by atoms with Crippen LogP contribution in [0.5, 0.6) is 0 Å². The van der Waals surface area contributed by atoms with E-state index >= 15 is 0 Å². The fourth-order valence-corrected chi connectivity index (χ4v) is 6.18. The van der Waals surface area contributed by atoms with Gasteiger partial charge in [-0.3, -0.25) is 14.4 Å². The third-order valence-electron chi connectivity index (χ3n) is 7.64. The number of ether oxygens (including phenoxy) is 1. The maximum atomic E-state index is 13.7. The van der Waals surface area contributed by atoms with Gasteiger partial charge in [0.1, 0.15) is 11.6 Å². The Morgan fingerprint density at radius 3 is 2.58 bits per heavy atom. The van der Waals surface area contributed by atoms with Gasteiger partial charge >= 0.3 is 0 Å². The maximum Gasteiger partial charge on any atom is 0.246 e. The molecule has 6 atom stereocenters. The maximum absolute atomic E-state index is 13.7. The van der Waals surface area contributed by atoms with Gasteiger partial charge < -0.3 is 25.4 Å². The average molecular weight is 458 g/mol. The summed E-state index contributed by atoms with van der Waals surface area (Å²) in [5, 5.41) is 15.3. The largest absolute Gasteiger partial charge is 0.396 e. The van der Waals surface area contributed by atoms with Gasteiger partial charge in [-0.1, -0.05) is 37.3 Å². The van der Waals surface area contributed by atoms with Crippen LogP contribution in [0.15, 0.2) is 30.3 Å². The topological polar surface area (TPSA) is 108 Å². The minimum atomic E-state index is -1.05. The molecule has 1 spiro atoms. The standard InChI is InChI=1S/C25H35N3O5/c1-15(2)27-22(31)20-25-13-16(3)24(4,33-25)18(19(25)23(32)28(20)11-8-12-29)21(30)26-14-17-9-6-5-7-10-17/h5-7,9-10,15-16,18-20,29H,8,11-14H2,1-4H3,(H,26,30)(H,27,31)/t16?,18-,19+,20?,24+,25?/m1/s1. The first-order valence-corrected chi connectivity index (χ1v) is 11.9. The first-order chi connectivity index (χ1) is 15.7. The molecule has 3 fully saturated rings. The van der Waals surface area contributed by atoms with E-state index in [9.17, 15) is 19.5 Å². The summed E-state index contributed by atoms with van der Waals surface area (Å²) in [6, 6.07) is 8.71. The molecule has 3 aliphatic heterocycles. The van der Waals surface area contributed by atoms with Crippen LogP contribution in [0.4, 0.5) is 0 Å². The molecule has 0 saturated carbocycles. The van der Waals surface area contributed by atoms with E-state index in [0.717, 1.165) is 5.56 Å². The number of hydrogen-bond donors (Lipinski definition) is 3. The number of nitrogens with zero attached hydrogens (tertiary/aromatic N) is 1. The zero-order valence-corrected chi connectivity index (χ0v) is 19.8. The Labute approximate surface area is 195 Å². The van der Waals surface area contributed by atoms with E-state index in [1.165, 1.54) is 4.90 Å². The number of nitrogens with one attached hydrogen (secondary N) is 2. The zero-order valence-electron chi connectivity index (χ0n) is 19.8. The van der Waals surface area contributed by atoms with Crippen molar-refractivity contribution in [3.63, 3.8) is 0 Å². The van der Waals surface area contributed by atoms with Gasteiger partial charge in [-0.2, -0.15) is 0 Å². The van der Waals surface area contributed by atoms with Gasteiger partial charge in [-0.25, -0.2) is 0 Å². The molecular weight excluding hydrogens is 422 g/mol. The molecule has 3 aliphatic rings. The lowest BCUT2D eigenvalue weighted by Crippen LogP contribution is -2.56. The van der Waals surface area contributed by atoms with E-state index in [1.54, 1.807) is 0 Å². The summed E-state index contributed by atoms with van der Waals surface area (Å²) in [7, 11) is 0. The van der Waals surface area contributed by atoms with Gasteiger partial charge in [0, 0.05) is 25.7 Å². The van der Waals surface area contributed by atoms with Crippen molar-refractivity contribution in [3.05, 3.63) is 35.9 Å². The lowest BCUT2D eigenvalue weighted by Gasteiger charge is -2.36. The highest BCUT2D eigenvalue weighted by molar-refractivity contribution is 5.99. The van der Waals surface area contributed by atoms with E-state index in [0.29, 0.717) is 19.4 Å². The molecular formula is C25H35N3O5. The summed E-state index contributed by atoms with van der Waals surface area (Å²) >= 11 is 0. The summed E-state index contributed by atoms with van der Waals surface area (Å²) in [4.78, 5) is 42.1. The Balaban J connectivity index is 1.67. The van der Waals surface area contributed by atoms with E-state index in [2.05, 4.69) is 10.6 Å². The lowest BCUT2D eigenvalue weighted by molar-refractivity contribution is -0.147. The first kappa shape index (κ1) is 23.7. The summed E-state index contributed by atoms with van der Waals surface area (Å²) < 4.78 is 6.62. The van der Waals surface area contributed by atoms with Gasteiger partial charge in [-0.15, -0.1) is 0 Å². The van der Waals surface area contributed by atoms with Crippen molar-refractivity contribution in [2.75, 3.05) is 13.2 Å². The average Bonchev–Trinajstić information content (AvgIpc) is 3.27. The third kappa shape index (κ3) is 3.73. The lowest BCUT2D eigenvalue weighted by atomic mass is 9.62. The fourth-order valence-electron chi connectivity index (χ4n) is 6.18. The normalized spacial score (nSPS) is 34.6. The molecule has 3 heterocycles. The second-order valence-electron chi connectivity index (χ2n) is 10.2. The Hall–Kier alpha value is -2.45. The number of amides is 3. The number of carbonyl (C=O) groups excluding carboxylic acids is 3. The van der Waals surface area contributed by atoms with Crippen molar-refractivity contribution in [3.8, 4) is 0 Å². The minimum absolute atomic E-state index is 0.00108. The Morgan fingerprint density at radius 1 is 1.24 bits per heavy atom. The molecule has 33 heavy (non-hydrogen) atoms. The minimum Gasteiger partial charge on any atom is -0.396 e. The van der Waals surface area contributed by atoms with Crippen LogP contribution in [0.25, 0.3) is 0 Å². The SMILES string of the molecule is CC(C)NC(=O)C1N(CCCO)C(=O)[C@@H]2[C@H](C(=O)NCc3ccccc3)[C@@]3(C)OC12CC3C. The highest BCUT2D eigenvalue weighted by Crippen LogP contribution is 2.65. The van der Waals surface area contributed by atoms with Crippen LogP contribution in [-0.4, -0.2) is 64.2 Å². The van der Waals surface area contributed by atoms with Crippen LogP contribution < -0.4 is 10.6 Å². The van der Waals surface area contributed by atoms with Crippen molar-refractivity contribution < 1.29 is 24.2 Å². The summed E-state index contributed by atoms with van der Waals surface area (Å²) in [5.74, 6) is -2.13. The van der Waals surface area contributed by atoms with E-state index in [-0.39, 0.29) is 42.8 Å². The molecule has 180 valence electrons. The van der Waals surface area contributed by atoms with Gasteiger partial charge in [0.15, 0.2) is 0 Å². The molecule has 3 saturated heterocycles. The van der Waals surface area contributed by atoms with Crippen LogP contribution in [-0.2, 0) is 25.7 Å². The smallest absolute Gasteiger partial charge is 0.246 e.